The van der Waals surface area contributed by atoms with Gasteiger partial charge in [-0.15, -0.1) is 0 Å². The number of hydrogen-bond acceptors (Lipinski definition) is 1. The molecule has 74 valence electrons. The first-order valence-corrected chi connectivity index (χ1v) is 4.74. The number of halogens is 3. The second-order valence-corrected chi connectivity index (χ2v) is 4.34. The van der Waals surface area contributed by atoms with Crippen molar-refractivity contribution in [3.63, 3.8) is 0 Å². The molecule has 0 saturated carbocycles. The highest BCUT2D eigenvalue weighted by Crippen LogP contribution is 2.28. The van der Waals surface area contributed by atoms with E-state index in [4.69, 9.17) is 5.26 Å². The van der Waals surface area contributed by atoms with Gasteiger partial charge in [-0.25, -0.2) is 8.78 Å². The third-order valence-electron chi connectivity index (χ3n) is 1.96. The van der Waals surface area contributed by atoms with Gasteiger partial charge in [0.15, 0.2) is 0 Å². The van der Waals surface area contributed by atoms with Crippen LogP contribution >= 0.6 is 15.9 Å². The van der Waals surface area contributed by atoms with Crippen LogP contribution in [0.25, 0.3) is 0 Å². The Hall–Kier alpha value is -0.950. The fraction of sp³-hybridized carbons (Fsp3) is 0.300. The van der Waals surface area contributed by atoms with Crippen molar-refractivity contribution in [3.05, 3.63) is 33.8 Å². The average molecular weight is 260 g/mol. The summed E-state index contributed by atoms with van der Waals surface area (Å²) in [6, 6.07) is 4.00. The summed E-state index contributed by atoms with van der Waals surface area (Å²) in [4.78, 5) is 0. The molecule has 1 aromatic carbocycles. The second kappa shape index (κ2) is 3.66. The van der Waals surface area contributed by atoms with Crippen molar-refractivity contribution in [2.75, 3.05) is 0 Å². The first-order valence-electron chi connectivity index (χ1n) is 3.95. The minimum absolute atomic E-state index is 0.0625. The smallest absolute Gasteiger partial charge is 0.137 e. The van der Waals surface area contributed by atoms with Crippen LogP contribution in [0.5, 0.6) is 0 Å². The van der Waals surface area contributed by atoms with E-state index in [1.807, 2.05) is 6.07 Å². The number of nitrogens with zero attached hydrogens (tertiary/aromatic N) is 1. The van der Waals surface area contributed by atoms with Gasteiger partial charge in [0.2, 0.25) is 0 Å². The normalized spacial score (nSPS) is 11.1. The number of nitriles is 1. The summed E-state index contributed by atoms with van der Waals surface area (Å²) in [5.74, 6) is -1.14. The monoisotopic (exact) mass is 259 g/mol. The van der Waals surface area contributed by atoms with E-state index < -0.39 is 17.0 Å². The lowest BCUT2D eigenvalue weighted by Gasteiger charge is -2.16. The van der Waals surface area contributed by atoms with Crippen LogP contribution in [-0.4, -0.2) is 0 Å². The average Bonchev–Trinajstić information content (AvgIpc) is 2.11. The number of rotatable bonds is 1. The lowest BCUT2D eigenvalue weighted by atomic mass is 9.86. The first kappa shape index (κ1) is 11.1. The van der Waals surface area contributed by atoms with Gasteiger partial charge < -0.3 is 0 Å². The lowest BCUT2D eigenvalue weighted by Crippen LogP contribution is -2.16. The topological polar surface area (TPSA) is 23.8 Å². The summed E-state index contributed by atoms with van der Waals surface area (Å²) in [5, 5.41) is 8.78. The second-order valence-electron chi connectivity index (χ2n) is 3.48. The van der Waals surface area contributed by atoms with Crippen LogP contribution in [0.15, 0.2) is 16.6 Å². The zero-order valence-electron chi connectivity index (χ0n) is 7.74. The summed E-state index contributed by atoms with van der Waals surface area (Å²) in [7, 11) is 0. The van der Waals surface area contributed by atoms with Crippen LogP contribution in [0.4, 0.5) is 8.78 Å². The molecule has 0 aliphatic heterocycles. The van der Waals surface area contributed by atoms with Gasteiger partial charge in [0.1, 0.15) is 11.6 Å². The van der Waals surface area contributed by atoms with E-state index in [1.165, 1.54) is 0 Å². The zero-order chi connectivity index (χ0) is 10.9. The van der Waals surface area contributed by atoms with Crippen molar-refractivity contribution < 1.29 is 8.78 Å². The fourth-order valence-electron chi connectivity index (χ4n) is 1.06. The van der Waals surface area contributed by atoms with Gasteiger partial charge >= 0.3 is 0 Å². The predicted molar refractivity (Wildman–Crippen MR) is 52.7 cm³/mol. The van der Waals surface area contributed by atoms with Crippen LogP contribution in [-0.2, 0) is 5.41 Å². The molecule has 1 aromatic rings. The highest BCUT2D eigenvalue weighted by molar-refractivity contribution is 9.10. The standard InChI is InChI=1S/C10H8BrF2N/c1-10(2,5-14)6-3-9(13)7(11)4-8(6)12/h3-4H,1-2H3. The van der Waals surface area contributed by atoms with Crippen molar-refractivity contribution in [2.45, 2.75) is 19.3 Å². The molecule has 1 rings (SSSR count). The molecule has 0 unspecified atom stereocenters. The molecule has 0 fully saturated rings. The number of hydrogen-bond donors (Lipinski definition) is 0. The molecule has 4 heteroatoms. The summed E-state index contributed by atoms with van der Waals surface area (Å²) in [6.07, 6.45) is 0. The quantitative estimate of drug-likeness (QED) is 0.708. The van der Waals surface area contributed by atoms with Gasteiger partial charge in [-0.3, -0.25) is 0 Å². The maximum Gasteiger partial charge on any atom is 0.137 e. The Morgan fingerprint density at radius 2 is 1.86 bits per heavy atom. The van der Waals surface area contributed by atoms with Crippen molar-refractivity contribution in [1.29, 1.82) is 5.26 Å². The Balaban J connectivity index is 3.38. The van der Waals surface area contributed by atoms with E-state index in [9.17, 15) is 8.78 Å². The maximum atomic E-state index is 13.4. The Morgan fingerprint density at radius 3 is 2.36 bits per heavy atom. The van der Waals surface area contributed by atoms with Crippen molar-refractivity contribution in [2.24, 2.45) is 0 Å². The third kappa shape index (κ3) is 1.93. The van der Waals surface area contributed by atoms with E-state index in [1.54, 1.807) is 13.8 Å². The Bertz CT molecular complexity index is 407. The molecule has 0 aliphatic rings. The molecule has 1 nitrogen and oxygen atoms in total. The van der Waals surface area contributed by atoms with Crippen molar-refractivity contribution in [1.82, 2.24) is 0 Å². The summed E-state index contributed by atoms with van der Waals surface area (Å²) in [6.45, 7) is 3.08. The van der Waals surface area contributed by atoms with Gasteiger partial charge in [-0.1, -0.05) is 0 Å². The van der Waals surface area contributed by atoms with Crippen LogP contribution in [0.1, 0.15) is 19.4 Å². The van der Waals surface area contributed by atoms with Gasteiger partial charge in [0.05, 0.1) is 16.0 Å². The van der Waals surface area contributed by atoms with E-state index >= 15 is 0 Å². The van der Waals surface area contributed by atoms with Crippen LogP contribution in [0.2, 0.25) is 0 Å². The summed E-state index contributed by atoms with van der Waals surface area (Å²) in [5.41, 5.74) is -0.952. The predicted octanol–water partition coefficient (Wildman–Crippen LogP) is 3.53. The molecule has 14 heavy (non-hydrogen) atoms. The Kier molecular flexibility index (Phi) is 2.91. The maximum absolute atomic E-state index is 13.4. The molecule has 0 aromatic heterocycles. The molecule has 0 heterocycles. The minimum atomic E-state index is -1.02. The molecule has 0 radical (unpaired) electrons. The fourth-order valence-corrected chi connectivity index (χ4v) is 1.38. The van der Waals surface area contributed by atoms with Gasteiger partial charge in [-0.2, -0.15) is 5.26 Å². The number of benzene rings is 1. The van der Waals surface area contributed by atoms with Gasteiger partial charge in [0, 0.05) is 5.56 Å². The van der Waals surface area contributed by atoms with E-state index in [2.05, 4.69) is 15.9 Å². The molecule has 0 saturated heterocycles. The molecule has 0 N–H and O–H groups in total. The molecular formula is C10H8BrF2N. The van der Waals surface area contributed by atoms with E-state index in [0.717, 1.165) is 12.1 Å². The van der Waals surface area contributed by atoms with Crippen LogP contribution in [0.3, 0.4) is 0 Å². The Labute approximate surface area is 89.5 Å². The molecular weight excluding hydrogens is 252 g/mol. The molecule has 0 spiro atoms. The molecule has 0 bridgehead atoms. The summed E-state index contributed by atoms with van der Waals surface area (Å²) >= 11 is 2.87. The highest BCUT2D eigenvalue weighted by Gasteiger charge is 2.25. The van der Waals surface area contributed by atoms with E-state index in [0.29, 0.717) is 0 Å². The molecule has 0 atom stereocenters. The minimum Gasteiger partial charge on any atom is -0.207 e. The first-order chi connectivity index (χ1) is 6.38. The van der Waals surface area contributed by atoms with Crippen LogP contribution < -0.4 is 0 Å². The molecule has 0 aliphatic carbocycles. The van der Waals surface area contributed by atoms with E-state index in [-0.39, 0.29) is 10.0 Å². The van der Waals surface area contributed by atoms with Gasteiger partial charge in [0.25, 0.3) is 0 Å². The molecule has 0 amide bonds. The SMILES string of the molecule is CC(C)(C#N)c1cc(F)c(Br)cc1F. The Morgan fingerprint density at radius 1 is 1.29 bits per heavy atom. The van der Waals surface area contributed by atoms with Crippen molar-refractivity contribution in [3.8, 4) is 6.07 Å². The lowest BCUT2D eigenvalue weighted by molar-refractivity contribution is 0.544. The highest BCUT2D eigenvalue weighted by atomic mass is 79.9. The summed E-state index contributed by atoms with van der Waals surface area (Å²) < 4.78 is 26.5. The van der Waals surface area contributed by atoms with Gasteiger partial charge in [-0.05, 0) is 41.9 Å². The largest absolute Gasteiger partial charge is 0.207 e. The van der Waals surface area contributed by atoms with Crippen LogP contribution in [0, 0.1) is 23.0 Å². The zero-order valence-corrected chi connectivity index (χ0v) is 9.32. The van der Waals surface area contributed by atoms with Crippen molar-refractivity contribution >= 4 is 15.9 Å². The third-order valence-corrected chi connectivity index (χ3v) is 2.57.